The molecule has 0 aromatic heterocycles. The van der Waals surface area contributed by atoms with Crippen LogP contribution in [-0.4, -0.2) is 47.0 Å². The first-order chi connectivity index (χ1) is 12.2. The minimum absolute atomic E-state index is 0.0639. The minimum Gasteiger partial charge on any atom is -0.444 e. The number of alkyl halides is 3. The van der Waals surface area contributed by atoms with E-state index in [-0.39, 0.29) is 35.2 Å². The molecule has 0 aliphatic carbocycles. The topological polar surface area (TPSA) is 49.9 Å². The van der Waals surface area contributed by atoms with Gasteiger partial charge in [-0.15, -0.1) is 0 Å². The molecule has 1 saturated heterocycles. The van der Waals surface area contributed by atoms with Gasteiger partial charge in [0, 0.05) is 17.6 Å². The van der Waals surface area contributed by atoms with E-state index in [2.05, 4.69) is 15.9 Å². The highest BCUT2D eigenvalue weighted by molar-refractivity contribution is 9.10. The van der Waals surface area contributed by atoms with Crippen LogP contribution in [-0.2, 0) is 16.5 Å². The average Bonchev–Trinajstić information content (AvgIpc) is 2.71. The summed E-state index contributed by atoms with van der Waals surface area (Å²) in [5.41, 5.74) is -2.77. The zero-order valence-electron chi connectivity index (χ0n) is 15.4. The molecule has 0 saturated carbocycles. The van der Waals surface area contributed by atoms with E-state index in [0.717, 1.165) is 6.07 Å². The number of rotatable bonds is 0. The fourth-order valence-electron chi connectivity index (χ4n) is 3.66. The van der Waals surface area contributed by atoms with E-state index in [9.17, 15) is 22.8 Å². The highest BCUT2D eigenvalue weighted by Crippen LogP contribution is 2.47. The van der Waals surface area contributed by atoms with Crippen molar-refractivity contribution < 1.29 is 27.5 Å². The summed E-state index contributed by atoms with van der Waals surface area (Å²) in [7, 11) is 0. The quantitative estimate of drug-likeness (QED) is 0.591. The number of carbonyl (C=O) groups excluding carboxylic acids is 2. The second-order valence-electron chi connectivity index (χ2n) is 8.01. The zero-order chi connectivity index (χ0) is 20.4. The summed E-state index contributed by atoms with van der Waals surface area (Å²) in [4.78, 5) is 28.1. The fraction of sp³-hybridized carbons (Fsp3) is 0.556. The van der Waals surface area contributed by atoms with Gasteiger partial charge in [-0.05, 0) is 45.4 Å². The molecule has 1 atom stereocenters. The van der Waals surface area contributed by atoms with Crippen LogP contribution in [0.25, 0.3) is 0 Å². The average molecular weight is 449 g/mol. The second kappa shape index (κ2) is 6.12. The van der Waals surface area contributed by atoms with Crippen molar-refractivity contribution in [1.82, 2.24) is 9.80 Å². The van der Waals surface area contributed by atoms with Crippen molar-refractivity contribution in [3.8, 4) is 0 Å². The largest absolute Gasteiger partial charge is 0.444 e. The molecule has 2 aliphatic rings. The molecule has 1 unspecified atom stereocenters. The van der Waals surface area contributed by atoms with Crippen LogP contribution in [0.1, 0.15) is 49.2 Å². The molecule has 2 amide bonds. The van der Waals surface area contributed by atoms with Crippen molar-refractivity contribution in [3.63, 3.8) is 0 Å². The maximum atomic E-state index is 13.5. The Balaban J connectivity index is 2.04. The molecule has 0 N–H and O–H groups in total. The molecule has 5 nitrogen and oxygen atoms in total. The molecule has 0 radical (unpaired) electrons. The number of amides is 2. The number of carbonyl (C=O) groups is 2. The van der Waals surface area contributed by atoms with E-state index >= 15 is 0 Å². The van der Waals surface area contributed by atoms with Gasteiger partial charge in [0.2, 0.25) is 0 Å². The van der Waals surface area contributed by atoms with Gasteiger partial charge in [0.05, 0.1) is 23.2 Å². The molecule has 0 spiro atoms. The van der Waals surface area contributed by atoms with Gasteiger partial charge in [-0.25, -0.2) is 4.79 Å². The van der Waals surface area contributed by atoms with Crippen LogP contribution in [0.5, 0.6) is 0 Å². The number of nitrogens with zero attached hydrogens (tertiary/aromatic N) is 2. The summed E-state index contributed by atoms with van der Waals surface area (Å²) >= 11 is 3.12. The van der Waals surface area contributed by atoms with Gasteiger partial charge in [0.15, 0.2) is 0 Å². The first kappa shape index (κ1) is 20.0. The van der Waals surface area contributed by atoms with E-state index < -0.39 is 34.9 Å². The zero-order valence-corrected chi connectivity index (χ0v) is 17.0. The monoisotopic (exact) mass is 448 g/mol. The lowest BCUT2D eigenvalue weighted by molar-refractivity contribution is -0.138. The van der Waals surface area contributed by atoms with Crippen LogP contribution >= 0.6 is 15.9 Å². The molecule has 0 bridgehead atoms. The predicted molar refractivity (Wildman–Crippen MR) is 95.3 cm³/mol. The molecular weight excluding hydrogens is 429 g/mol. The van der Waals surface area contributed by atoms with E-state index in [1.165, 1.54) is 15.9 Å². The van der Waals surface area contributed by atoms with Crippen LogP contribution in [0.4, 0.5) is 18.0 Å². The lowest BCUT2D eigenvalue weighted by atomic mass is 9.88. The van der Waals surface area contributed by atoms with E-state index in [1.807, 2.05) is 0 Å². The minimum atomic E-state index is -4.65. The molecule has 1 aromatic carbocycles. The fourth-order valence-corrected chi connectivity index (χ4v) is 4.12. The molecule has 148 valence electrons. The van der Waals surface area contributed by atoms with Crippen LogP contribution in [0, 0.1) is 0 Å². The Morgan fingerprint density at radius 2 is 1.85 bits per heavy atom. The van der Waals surface area contributed by atoms with Crippen molar-refractivity contribution in [2.24, 2.45) is 0 Å². The number of hydrogen-bond donors (Lipinski definition) is 0. The van der Waals surface area contributed by atoms with Crippen molar-refractivity contribution in [3.05, 3.63) is 33.3 Å². The number of ether oxygens (including phenoxy) is 1. The van der Waals surface area contributed by atoms with Gasteiger partial charge < -0.3 is 14.5 Å². The first-order valence-electron chi connectivity index (χ1n) is 8.45. The number of hydrogen-bond acceptors (Lipinski definition) is 3. The van der Waals surface area contributed by atoms with Crippen molar-refractivity contribution >= 4 is 27.9 Å². The Morgan fingerprint density at radius 3 is 2.41 bits per heavy atom. The Kier molecular flexibility index (Phi) is 4.53. The number of piperazine rings is 1. The summed E-state index contributed by atoms with van der Waals surface area (Å²) in [5.74, 6) is -0.656. The van der Waals surface area contributed by atoms with Crippen molar-refractivity contribution in [2.75, 3.05) is 19.6 Å². The maximum Gasteiger partial charge on any atom is 0.417 e. The van der Waals surface area contributed by atoms with E-state index in [1.54, 1.807) is 27.7 Å². The van der Waals surface area contributed by atoms with E-state index in [0.29, 0.717) is 0 Å². The molecule has 3 rings (SSSR count). The summed E-state index contributed by atoms with van der Waals surface area (Å²) in [6.07, 6.45) is -5.20. The van der Waals surface area contributed by atoms with Crippen LogP contribution in [0.3, 0.4) is 0 Å². The molecule has 1 fully saturated rings. The second-order valence-corrected chi connectivity index (χ2v) is 8.92. The standard InChI is InChI=1S/C18H20BrF3N2O3/c1-16(2,3)27-15(26)23-5-6-24-14(25)13-11(17(24,4)9-23)7-10(19)8-12(13)18(20,21)22/h7-8H,5-6,9H2,1-4H3. The van der Waals surface area contributed by atoms with Crippen LogP contribution < -0.4 is 0 Å². The van der Waals surface area contributed by atoms with Gasteiger partial charge in [-0.1, -0.05) is 15.9 Å². The molecule has 9 heteroatoms. The van der Waals surface area contributed by atoms with Gasteiger partial charge in [0.25, 0.3) is 5.91 Å². The smallest absolute Gasteiger partial charge is 0.417 e. The molecule has 2 heterocycles. The van der Waals surface area contributed by atoms with E-state index in [4.69, 9.17) is 4.74 Å². The summed E-state index contributed by atoms with van der Waals surface area (Å²) in [6.45, 7) is 7.30. The highest BCUT2D eigenvalue weighted by atomic mass is 79.9. The summed E-state index contributed by atoms with van der Waals surface area (Å²) < 4.78 is 46.2. The Labute approximate surface area is 163 Å². The Bertz CT molecular complexity index is 819. The third kappa shape index (κ3) is 3.41. The first-order valence-corrected chi connectivity index (χ1v) is 9.24. The van der Waals surface area contributed by atoms with Gasteiger partial charge in [-0.2, -0.15) is 13.2 Å². The van der Waals surface area contributed by atoms with Crippen LogP contribution in [0.15, 0.2) is 16.6 Å². The van der Waals surface area contributed by atoms with Gasteiger partial charge in [0.1, 0.15) is 5.60 Å². The third-order valence-electron chi connectivity index (χ3n) is 4.79. The summed E-state index contributed by atoms with van der Waals surface area (Å²) in [6, 6.07) is 2.45. The van der Waals surface area contributed by atoms with Crippen molar-refractivity contribution in [1.29, 1.82) is 0 Å². The number of benzene rings is 1. The van der Waals surface area contributed by atoms with Crippen LogP contribution in [0.2, 0.25) is 0 Å². The molecular formula is C18H20BrF3N2O3. The Morgan fingerprint density at radius 1 is 1.22 bits per heavy atom. The molecule has 2 aliphatic heterocycles. The summed E-state index contributed by atoms with van der Waals surface area (Å²) in [5, 5.41) is 0. The normalized spacial score (nSPS) is 22.6. The third-order valence-corrected chi connectivity index (χ3v) is 5.25. The molecule has 1 aromatic rings. The maximum absolute atomic E-state index is 13.5. The lowest BCUT2D eigenvalue weighted by Crippen LogP contribution is -2.59. The molecule has 27 heavy (non-hydrogen) atoms. The lowest BCUT2D eigenvalue weighted by Gasteiger charge is -2.45. The SMILES string of the molecule is CC(C)(C)OC(=O)N1CCN2C(=O)c3c(C(F)(F)F)cc(Br)cc3C2(C)C1. The van der Waals surface area contributed by atoms with Gasteiger partial charge >= 0.3 is 12.3 Å². The Hall–Kier alpha value is -1.77. The predicted octanol–water partition coefficient (Wildman–Crippen LogP) is 4.39. The highest BCUT2D eigenvalue weighted by Gasteiger charge is 2.54. The van der Waals surface area contributed by atoms with Gasteiger partial charge in [-0.3, -0.25) is 4.79 Å². The van der Waals surface area contributed by atoms with Crippen molar-refractivity contribution in [2.45, 2.75) is 45.0 Å². The number of halogens is 4. The number of fused-ring (bicyclic) bond motifs is 3.